The Hall–Kier alpha value is -3.03. The van der Waals surface area contributed by atoms with Gasteiger partial charge < -0.3 is 14.5 Å². The van der Waals surface area contributed by atoms with Gasteiger partial charge in [0, 0.05) is 48.3 Å². The summed E-state index contributed by atoms with van der Waals surface area (Å²) in [6.45, 7) is 3.48. The van der Waals surface area contributed by atoms with E-state index in [2.05, 4.69) is 22.0 Å². The number of thiophene rings is 1. The second kappa shape index (κ2) is 8.96. The van der Waals surface area contributed by atoms with Gasteiger partial charge in [-0.05, 0) is 55.0 Å². The molecule has 0 bridgehead atoms. The number of benzene rings is 1. The summed E-state index contributed by atoms with van der Waals surface area (Å²) in [7, 11) is 0. The van der Waals surface area contributed by atoms with Gasteiger partial charge in [-0.15, -0.1) is 11.3 Å². The van der Waals surface area contributed by atoms with Gasteiger partial charge in [0.15, 0.2) is 5.78 Å². The average molecular weight is 474 g/mol. The summed E-state index contributed by atoms with van der Waals surface area (Å²) >= 11 is 1.58. The standard InChI is InChI=1S/C27H27N3O3S/c31-23(15-18-5-6-18)24-16-19-8-10-30(22-4-2-1-3-21(22)26(19)34-24)27(32)20-7-9-28-25(17-20)29-11-13-33-14-12-29/h1-4,7,9,16-18H,5-6,8,10-15H2. The molecule has 1 saturated carbocycles. The van der Waals surface area contributed by atoms with Gasteiger partial charge in [-0.25, -0.2) is 4.98 Å². The number of Topliss-reactive ketones (excluding diaryl/α,β-unsaturated/α-hetero) is 1. The summed E-state index contributed by atoms with van der Waals surface area (Å²) < 4.78 is 5.45. The van der Waals surface area contributed by atoms with Crippen molar-refractivity contribution in [1.29, 1.82) is 0 Å². The third kappa shape index (κ3) is 4.14. The summed E-state index contributed by atoms with van der Waals surface area (Å²) in [6, 6.07) is 13.8. The number of carbonyl (C=O) groups is 2. The monoisotopic (exact) mass is 473 g/mol. The largest absolute Gasteiger partial charge is 0.378 e. The van der Waals surface area contributed by atoms with Crippen LogP contribution in [0.1, 0.15) is 44.9 Å². The molecular formula is C27H27N3O3S. The zero-order chi connectivity index (χ0) is 23.1. The first-order valence-corrected chi connectivity index (χ1v) is 12.8. The second-order valence-electron chi connectivity index (χ2n) is 9.26. The molecule has 1 saturated heterocycles. The predicted octanol–water partition coefficient (Wildman–Crippen LogP) is 4.83. The highest BCUT2D eigenvalue weighted by atomic mass is 32.1. The molecule has 3 aliphatic rings. The number of hydrogen-bond acceptors (Lipinski definition) is 6. The lowest BCUT2D eigenvalue weighted by atomic mass is 10.1. The molecule has 1 aliphatic carbocycles. The van der Waals surface area contributed by atoms with Crippen LogP contribution in [0.4, 0.5) is 11.5 Å². The number of nitrogens with zero attached hydrogens (tertiary/aromatic N) is 3. The van der Waals surface area contributed by atoms with Gasteiger partial charge in [0.25, 0.3) is 5.91 Å². The fourth-order valence-corrected chi connectivity index (χ4v) is 5.99. The minimum atomic E-state index is -0.0236. The summed E-state index contributed by atoms with van der Waals surface area (Å²) in [5.41, 5.74) is 3.73. The number of carbonyl (C=O) groups excluding carboxylic acids is 2. The van der Waals surface area contributed by atoms with Crippen molar-refractivity contribution in [3.63, 3.8) is 0 Å². The first-order chi connectivity index (χ1) is 16.7. The number of hydrogen-bond donors (Lipinski definition) is 0. The van der Waals surface area contributed by atoms with Crippen molar-refractivity contribution in [2.24, 2.45) is 5.92 Å². The Morgan fingerprint density at radius 1 is 1.06 bits per heavy atom. The van der Waals surface area contributed by atoms with Gasteiger partial charge >= 0.3 is 0 Å². The molecule has 1 aromatic carbocycles. The fourth-order valence-electron chi connectivity index (χ4n) is 4.80. The molecule has 7 heteroatoms. The Morgan fingerprint density at radius 3 is 2.71 bits per heavy atom. The third-order valence-corrected chi connectivity index (χ3v) is 8.12. The summed E-state index contributed by atoms with van der Waals surface area (Å²) in [4.78, 5) is 37.0. The molecule has 4 heterocycles. The van der Waals surface area contributed by atoms with E-state index in [1.165, 1.54) is 12.8 Å². The number of rotatable bonds is 5. The minimum absolute atomic E-state index is 0.0236. The Kier molecular flexibility index (Phi) is 5.67. The van der Waals surface area contributed by atoms with E-state index in [1.807, 2.05) is 29.2 Å². The van der Waals surface area contributed by atoms with Crippen LogP contribution in [0.3, 0.4) is 0 Å². The lowest BCUT2D eigenvalue weighted by Gasteiger charge is -2.28. The maximum absolute atomic E-state index is 13.7. The fraction of sp³-hybridized carbons (Fsp3) is 0.370. The predicted molar refractivity (Wildman–Crippen MR) is 134 cm³/mol. The summed E-state index contributed by atoms with van der Waals surface area (Å²) in [5.74, 6) is 1.63. The van der Waals surface area contributed by atoms with Crippen LogP contribution in [0, 0.1) is 5.92 Å². The second-order valence-corrected chi connectivity index (χ2v) is 10.3. The number of amides is 1. The van der Waals surface area contributed by atoms with Crippen LogP contribution in [0.5, 0.6) is 0 Å². The molecule has 2 fully saturated rings. The Bertz CT molecular complexity index is 1240. The van der Waals surface area contributed by atoms with Gasteiger partial charge in [0.1, 0.15) is 5.82 Å². The van der Waals surface area contributed by atoms with Crippen molar-refractivity contribution >= 4 is 34.5 Å². The molecule has 0 atom stereocenters. The summed E-state index contributed by atoms with van der Waals surface area (Å²) in [5, 5.41) is 0. The molecule has 1 amide bonds. The van der Waals surface area contributed by atoms with Crippen LogP contribution in [-0.4, -0.2) is 49.5 Å². The van der Waals surface area contributed by atoms with Gasteiger partial charge in [-0.1, -0.05) is 18.2 Å². The Morgan fingerprint density at radius 2 is 1.88 bits per heavy atom. The van der Waals surface area contributed by atoms with E-state index in [4.69, 9.17) is 4.74 Å². The molecule has 6 rings (SSSR count). The van der Waals surface area contributed by atoms with E-state index < -0.39 is 0 Å². The van der Waals surface area contributed by atoms with Gasteiger partial charge in [0.2, 0.25) is 0 Å². The van der Waals surface area contributed by atoms with Crippen molar-refractivity contribution in [2.45, 2.75) is 25.7 Å². The molecule has 2 aromatic heterocycles. The molecule has 0 radical (unpaired) electrons. The first kappa shape index (κ1) is 21.5. The normalized spacial score (nSPS) is 17.6. The van der Waals surface area contributed by atoms with Crippen LogP contribution in [-0.2, 0) is 11.2 Å². The maximum atomic E-state index is 13.7. The molecule has 0 N–H and O–H groups in total. The molecule has 174 valence electrons. The van der Waals surface area contributed by atoms with E-state index in [-0.39, 0.29) is 11.7 Å². The maximum Gasteiger partial charge on any atom is 0.258 e. The molecule has 3 aromatic rings. The zero-order valence-electron chi connectivity index (χ0n) is 19.0. The summed E-state index contributed by atoms with van der Waals surface area (Å²) in [6.07, 6.45) is 5.47. The lowest BCUT2D eigenvalue weighted by Crippen LogP contribution is -2.37. The number of aromatic nitrogens is 1. The average Bonchev–Trinajstić information content (AvgIpc) is 3.63. The molecular weight excluding hydrogens is 446 g/mol. The van der Waals surface area contributed by atoms with Crippen LogP contribution >= 0.6 is 11.3 Å². The van der Waals surface area contributed by atoms with Crippen molar-refractivity contribution < 1.29 is 14.3 Å². The Labute approximate surface area is 203 Å². The van der Waals surface area contributed by atoms with Crippen molar-refractivity contribution in [2.75, 3.05) is 42.6 Å². The third-order valence-electron chi connectivity index (χ3n) is 6.87. The molecule has 2 aliphatic heterocycles. The number of para-hydroxylation sites is 1. The number of ether oxygens (including phenoxy) is 1. The first-order valence-electron chi connectivity index (χ1n) is 12.0. The molecule has 34 heavy (non-hydrogen) atoms. The number of anilines is 2. The van der Waals surface area contributed by atoms with E-state index >= 15 is 0 Å². The van der Waals surface area contributed by atoms with Crippen LogP contribution in [0.15, 0.2) is 48.7 Å². The van der Waals surface area contributed by atoms with Crippen molar-refractivity contribution in [1.82, 2.24) is 4.98 Å². The highest BCUT2D eigenvalue weighted by Crippen LogP contribution is 2.43. The van der Waals surface area contributed by atoms with Gasteiger partial charge in [0.05, 0.1) is 23.8 Å². The van der Waals surface area contributed by atoms with Crippen molar-refractivity contribution in [3.05, 3.63) is 64.7 Å². The number of fused-ring (bicyclic) bond motifs is 3. The molecule has 0 unspecified atom stereocenters. The highest BCUT2D eigenvalue weighted by molar-refractivity contribution is 7.17. The topological polar surface area (TPSA) is 62.7 Å². The van der Waals surface area contributed by atoms with Crippen LogP contribution in [0.2, 0.25) is 0 Å². The van der Waals surface area contributed by atoms with Gasteiger partial charge in [-0.3, -0.25) is 9.59 Å². The highest BCUT2D eigenvalue weighted by Gasteiger charge is 2.30. The van der Waals surface area contributed by atoms with E-state index in [9.17, 15) is 9.59 Å². The molecule has 0 spiro atoms. The van der Waals surface area contributed by atoms with E-state index in [1.54, 1.807) is 23.6 Å². The van der Waals surface area contributed by atoms with Crippen LogP contribution in [0.25, 0.3) is 10.4 Å². The van der Waals surface area contributed by atoms with Crippen molar-refractivity contribution in [3.8, 4) is 10.4 Å². The zero-order valence-corrected chi connectivity index (χ0v) is 19.9. The SMILES string of the molecule is O=C(CC1CC1)c1cc2c(s1)-c1ccccc1N(C(=O)c1ccnc(N3CCOCC3)c1)CC2. The minimum Gasteiger partial charge on any atom is -0.378 e. The van der Waals surface area contributed by atoms with Gasteiger partial charge in [-0.2, -0.15) is 0 Å². The number of pyridine rings is 1. The van der Waals surface area contributed by atoms with E-state index in [0.717, 1.165) is 51.9 Å². The van der Waals surface area contributed by atoms with Crippen LogP contribution < -0.4 is 9.80 Å². The Balaban J connectivity index is 1.31. The molecule has 6 nitrogen and oxygen atoms in total. The number of morpholine rings is 1. The van der Waals surface area contributed by atoms with E-state index in [0.29, 0.717) is 37.7 Å². The smallest absolute Gasteiger partial charge is 0.258 e. The lowest BCUT2D eigenvalue weighted by molar-refractivity contribution is 0.0974. The quantitative estimate of drug-likeness (QED) is 0.497. The number of ketones is 1.